The fraction of sp³-hybridized carbons (Fsp3) is 0.318. The van der Waals surface area contributed by atoms with Crippen molar-refractivity contribution in [2.75, 3.05) is 35.3 Å². The van der Waals surface area contributed by atoms with Crippen molar-refractivity contribution in [1.82, 2.24) is 0 Å². The van der Waals surface area contributed by atoms with E-state index in [4.69, 9.17) is 4.74 Å². The van der Waals surface area contributed by atoms with Crippen molar-refractivity contribution in [2.45, 2.75) is 19.3 Å². The maximum absolute atomic E-state index is 13.5. The van der Waals surface area contributed by atoms with Gasteiger partial charge in [-0.25, -0.2) is 8.78 Å². The minimum atomic E-state index is -0.975. The Hall–Kier alpha value is -3.49. The van der Waals surface area contributed by atoms with Crippen molar-refractivity contribution in [2.24, 2.45) is 5.92 Å². The quantitative estimate of drug-likeness (QED) is 0.741. The largest absolute Gasteiger partial charge is 0.494 e. The number of benzene rings is 2. The van der Waals surface area contributed by atoms with E-state index in [1.165, 1.54) is 12.0 Å². The van der Waals surface area contributed by atoms with E-state index in [0.29, 0.717) is 30.1 Å². The number of anilines is 3. The Labute approximate surface area is 177 Å². The molecule has 162 valence electrons. The number of ether oxygens (including phenoxy) is 1. The summed E-state index contributed by atoms with van der Waals surface area (Å²) in [6.07, 6.45) is 1.48. The highest BCUT2D eigenvalue weighted by Gasteiger charge is 2.38. The maximum Gasteiger partial charge on any atom is 0.239 e. The third-order valence-corrected chi connectivity index (χ3v) is 5.49. The van der Waals surface area contributed by atoms with Crippen LogP contribution in [0.2, 0.25) is 0 Å². The Morgan fingerprint density at radius 2 is 1.81 bits per heavy atom. The van der Waals surface area contributed by atoms with E-state index in [0.717, 1.165) is 24.6 Å². The molecule has 7 nitrogen and oxygen atoms in total. The van der Waals surface area contributed by atoms with Gasteiger partial charge in [0, 0.05) is 43.0 Å². The fourth-order valence-electron chi connectivity index (χ4n) is 3.99. The zero-order valence-corrected chi connectivity index (χ0v) is 16.9. The first-order valence-electron chi connectivity index (χ1n) is 9.94. The first-order valence-corrected chi connectivity index (χ1v) is 9.94. The molecule has 1 atom stereocenters. The summed E-state index contributed by atoms with van der Waals surface area (Å²) in [7, 11) is 1.47. The molecule has 0 saturated carbocycles. The minimum Gasteiger partial charge on any atom is -0.494 e. The molecule has 3 amide bonds. The van der Waals surface area contributed by atoms with Gasteiger partial charge in [0.25, 0.3) is 0 Å². The van der Waals surface area contributed by atoms with Crippen LogP contribution in [0.25, 0.3) is 0 Å². The average Bonchev–Trinajstić information content (AvgIpc) is 3.32. The highest BCUT2D eigenvalue weighted by atomic mass is 19.1. The molecule has 2 aliphatic heterocycles. The number of nitrogens with zero attached hydrogens (tertiary/aromatic N) is 2. The molecule has 9 heteroatoms. The van der Waals surface area contributed by atoms with Crippen LogP contribution in [0.1, 0.15) is 19.3 Å². The molecule has 2 aliphatic rings. The summed E-state index contributed by atoms with van der Waals surface area (Å²) in [5.41, 5.74) is 1.12. The standard InChI is InChI=1S/C22H21F2N3O4/c1-31-19-12-15(4-5-18(19)27-7-2-3-20(27)28)25-21(29)17-6-8-26(22(17)30)16-10-13(23)9-14(24)11-16/h4-5,9-12,17H,2-3,6-8H2,1H3,(H,25,29)/t17-/m1/s1. The van der Waals surface area contributed by atoms with Crippen molar-refractivity contribution in [3.8, 4) is 5.75 Å². The predicted molar refractivity (Wildman–Crippen MR) is 110 cm³/mol. The molecule has 1 N–H and O–H groups in total. The first-order chi connectivity index (χ1) is 14.9. The van der Waals surface area contributed by atoms with E-state index in [9.17, 15) is 23.2 Å². The molecule has 0 unspecified atom stereocenters. The molecule has 2 fully saturated rings. The second kappa shape index (κ2) is 8.33. The number of rotatable bonds is 5. The zero-order valence-electron chi connectivity index (χ0n) is 16.9. The SMILES string of the molecule is COc1cc(NC(=O)[C@H]2CCN(c3cc(F)cc(F)c3)C2=O)ccc1N1CCCC1=O. The molecule has 2 saturated heterocycles. The van der Waals surface area contributed by atoms with Crippen molar-refractivity contribution in [1.29, 1.82) is 0 Å². The van der Waals surface area contributed by atoms with Gasteiger partial charge in [-0.05, 0) is 37.1 Å². The lowest BCUT2D eigenvalue weighted by Gasteiger charge is -2.20. The molecule has 0 spiro atoms. The van der Waals surface area contributed by atoms with E-state index in [1.807, 2.05) is 0 Å². The molecule has 2 aromatic carbocycles. The van der Waals surface area contributed by atoms with E-state index in [1.54, 1.807) is 23.1 Å². The topological polar surface area (TPSA) is 79.0 Å². The van der Waals surface area contributed by atoms with Crippen LogP contribution in [0.3, 0.4) is 0 Å². The van der Waals surface area contributed by atoms with Gasteiger partial charge in [0.1, 0.15) is 23.3 Å². The molecular weight excluding hydrogens is 408 g/mol. The zero-order chi connectivity index (χ0) is 22.1. The Balaban J connectivity index is 1.48. The number of carbonyl (C=O) groups is 3. The molecule has 2 heterocycles. The first kappa shape index (κ1) is 20.8. The second-order valence-corrected chi connectivity index (χ2v) is 7.48. The monoisotopic (exact) mass is 429 g/mol. The lowest BCUT2D eigenvalue weighted by Crippen LogP contribution is -2.33. The highest BCUT2D eigenvalue weighted by molar-refractivity contribution is 6.13. The van der Waals surface area contributed by atoms with Gasteiger partial charge in [-0.15, -0.1) is 0 Å². The lowest BCUT2D eigenvalue weighted by molar-refractivity contribution is -0.129. The summed E-state index contributed by atoms with van der Waals surface area (Å²) in [6.45, 7) is 0.785. The maximum atomic E-state index is 13.5. The van der Waals surface area contributed by atoms with Crippen LogP contribution in [0.4, 0.5) is 25.8 Å². The number of amides is 3. The molecule has 2 aromatic rings. The van der Waals surface area contributed by atoms with Gasteiger partial charge < -0.3 is 19.9 Å². The summed E-state index contributed by atoms with van der Waals surface area (Å²) in [4.78, 5) is 40.3. The van der Waals surface area contributed by atoms with E-state index >= 15 is 0 Å². The number of halogens is 2. The number of carbonyl (C=O) groups excluding carboxylic acids is 3. The van der Waals surface area contributed by atoms with Gasteiger partial charge in [-0.1, -0.05) is 0 Å². The van der Waals surface area contributed by atoms with Crippen LogP contribution in [-0.4, -0.2) is 37.9 Å². The Kier molecular flexibility index (Phi) is 5.58. The normalized spacial score (nSPS) is 18.6. The van der Waals surface area contributed by atoms with Crippen LogP contribution in [0, 0.1) is 17.6 Å². The molecule has 0 aliphatic carbocycles. The van der Waals surface area contributed by atoms with Crippen molar-refractivity contribution in [3.63, 3.8) is 0 Å². The predicted octanol–water partition coefficient (Wildman–Crippen LogP) is 3.09. The van der Waals surface area contributed by atoms with Gasteiger partial charge in [-0.2, -0.15) is 0 Å². The van der Waals surface area contributed by atoms with Crippen LogP contribution in [0.15, 0.2) is 36.4 Å². The van der Waals surface area contributed by atoms with Crippen LogP contribution in [0.5, 0.6) is 5.75 Å². The van der Waals surface area contributed by atoms with Crippen LogP contribution in [-0.2, 0) is 14.4 Å². The van der Waals surface area contributed by atoms with Crippen molar-refractivity contribution >= 4 is 34.8 Å². The van der Waals surface area contributed by atoms with Crippen molar-refractivity contribution in [3.05, 3.63) is 48.0 Å². The van der Waals surface area contributed by atoms with Gasteiger partial charge >= 0.3 is 0 Å². The Bertz CT molecular complexity index is 1040. The van der Waals surface area contributed by atoms with Gasteiger partial charge in [0.05, 0.1) is 12.8 Å². The summed E-state index contributed by atoms with van der Waals surface area (Å²) >= 11 is 0. The summed E-state index contributed by atoms with van der Waals surface area (Å²) in [5, 5.41) is 2.69. The lowest BCUT2D eigenvalue weighted by atomic mass is 10.1. The number of nitrogens with one attached hydrogen (secondary N) is 1. The van der Waals surface area contributed by atoms with Gasteiger partial charge in [0.15, 0.2) is 0 Å². The fourth-order valence-corrected chi connectivity index (χ4v) is 3.99. The number of hydrogen-bond acceptors (Lipinski definition) is 4. The molecule has 31 heavy (non-hydrogen) atoms. The molecule has 4 rings (SSSR count). The van der Waals surface area contributed by atoms with E-state index in [2.05, 4.69) is 5.32 Å². The van der Waals surface area contributed by atoms with Gasteiger partial charge in [0.2, 0.25) is 17.7 Å². The molecule has 0 aromatic heterocycles. The Morgan fingerprint density at radius 1 is 1.06 bits per heavy atom. The van der Waals surface area contributed by atoms with E-state index in [-0.39, 0.29) is 24.6 Å². The van der Waals surface area contributed by atoms with Gasteiger partial charge in [-0.3, -0.25) is 14.4 Å². The second-order valence-electron chi connectivity index (χ2n) is 7.48. The van der Waals surface area contributed by atoms with Crippen LogP contribution >= 0.6 is 0 Å². The highest BCUT2D eigenvalue weighted by Crippen LogP contribution is 2.34. The smallest absolute Gasteiger partial charge is 0.239 e. The average molecular weight is 429 g/mol. The molecular formula is C22H21F2N3O4. The number of hydrogen-bond donors (Lipinski definition) is 1. The molecule has 0 bridgehead atoms. The number of methoxy groups -OCH3 is 1. The summed E-state index contributed by atoms with van der Waals surface area (Å²) in [6, 6.07) is 7.77. The van der Waals surface area contributed by atoms with Crippen LogP contribution < -0.4 is 19.9 Å². The Morgan fingerprint density at radius 3 is 2.45 bits per heavy atom. The van der Waals surface area contributed by atoms with Crippen molar-refractivity contribution < 1.29 is 27.9 Å². The summed E-state index contributed by atoms with van der Waals surface area (Å²) < 4.78 is 32.4. The molecule has 0 radical (unpaired) electrons. The van der Waals surface area contributed by atoms with E-state index < -0.39 is 29.4 Å². The third-order valence-electron chi connectivity index (χ3n) is 5.49. The minimum absolute atomic E-state index is 0.0144. The third kappa shape index (κ3) is 4.08. The summed E-state index contributed by atoms with van der Waals surface area (Å²) in [5.74, 6) is -3.15.